The zero-order valence-electron chi connectivity index (χ0n) is 14.5. The Balaban J connectivity index is 3.00. The zero-order chi connectivity index (χ0) is 17.9. The van der Waals surface area contributed by atoms with Gasteiger partial charge in [-0.1, -0.05) is 13.8 Å². The minimum atomic E-state index is -1.19. The molecule has 1 heterocycles. The van der Waals surface area contributed by atoms with Gasteiger partial charge in [-0.25, -0.2) is 9.59 Å². The van der Waals surface area contributed by atoms with Gasteiger partial charge in [0, 0.05) is 6.54 Å². The number of hydrogen-bond donors (Lipinski definition) is 0. The van der Waals surface area contributed by atoms with E-state index in [0.717, 1.165) is 0 Å². The lowest BCUT2D eigenvalue weighted by Gasteiger charge is -2.29. The summed E-state index contributed by atoms with van der Waals surface area (Å²) in [4.78, 5) is 49.7. The second-order valence-electron chi connectivity index (χ2n) is 6.86. The smallest absolute Gasteiger partial charge is 0.410 e. The van der Waals surface area contributed by atoms with Crippen LogP contribution in [0, 0.1) is 11.8 Å². The van der Waals surface area contributed by atoms with E-state index in [-0.39, 0.29) is 19.1 Å². The molecule has 0 aliphatic carbocycles. The van der Waals surface area contributed by atoms with Gasteiger partial charge < -0.3 is 9.47 Å². The molecule has 7 heteroatoms. The van der Waals surface area contributed by atoms with E-state index >= 15 is 0 Å². The van der Waals surface area contributed by atoms with Crippen molar-refractivity contribution in [3.8, 4) is 0 Å². The summed E-state index contributed by atoms with van der Waals surface area (Å²) in [6.07, 6.45) is -0.663. The molecule has 1 aliphatic heterocycles. The summed E-state index contributed by atoms with van der Waals surface area (Å²) in [6, 6.07) is -0.784. The van der Waals surface area contributed by atoms with Gasteiger partial charge in [-0.15, -0.1) is 0 Å². The summed E-state index contributed by atoms with van der Waals surface area (Å²) in [5.41, 5.74) is -0.717. The fourth-order valence-corrected chi connectivity index (χ4v) is 2.51. The number of hydrogen-bond acceptors (Lipinski definition) is 6. The molecule has 0 N–H and O–H groups in total. The van der Waals surface area contributed by atoms with E-state index in [1.807, 2.05) is 0 Å². The third-order valence-corrected chi connectivity index (χ3v) is 3.40. The van der Waals surface area contributed by atoms with Crippen LogP contribution in [0.3, 0.4) is 0 Å². The molecule has 1 rings (SSSR count). The molecule has 23 heavy (non-hydrogen) atoms. The van der Waals surface area contributed by atoms with Crippen molar-refractivity contribution >= 4 is 23.6 Å². The van der Waals surface area contributed by atoms with Gasteiger partial charge >= 0.3 is 12.1 Å². The summed E-state index contributed by atoms with van der Waals surface area (Å²) in [6.45, 7) is 10.2. The van der Waals surface area contributed by atoms with Gasteiger partial charge in [0.1, 0.15) is 11.5 Å². The average Bonchev–Trinajstić information content (AvgIpc) is 2.74. The molecular weight excluding hydrogens is 302 g/mol. The van der Waals surface area contributed by atoms with E-state index in [2.05, 4.69) is 4.74 Å². The largest absolute Gasteiger partial charge is 0.460 e. The van der Waals surface area contributed by atoms with Crippen LogP contribution >= 0.6 is 0 Å². The Morgan fingerprint density at radius 3 is 2.26 bits per heavy atom. The number of carbonyl (C=O) groups is 4. The maximum absolute atomic E-state index is 12.5. The highest BCUT2D eigenvalue weighted by molar-refractivity contribution is 6.39. The molecule has 0 saturated carbocycles. The summed E-state index contributed by atoms with van der Waals surface area (Å²) in [5, 5.41) is 0. The zero-order valence-corrected chi connectivity index (χ0v) is 14.5. The van der Waals surface area contributed by atoms with Crippen molar-refractivity contribution < 1.29 is 28.7 Å². The fourth-order valence-electron chi connectivity index (χ4n) is 2.51. The van der Waals surface area contributed by atoms with Gasteiger partial charge in [0.15, 0.2) is 5.78 Å². The van der Waals surface area contributed by atoms with Crippen LogP contribution in [0.4, 0.5) is 4.79 Å². The van der Waals surface area contributed by atoms with Crippen molar-refractivity contribution in [2.45, 2.75) is 53.2 Å². The fraction of sp³-hybridized carbons (Fsp3) is 0.750. The van der Waals surface area contributed by atoms with Crippen LogP contribution in [0.2, 0.25) is 0 Å². The lowest BCUT2D eigenvalue weighted by atomic mass is 9.93. The molecule has 0 spiro atoms. The van der Waals surface area contributed by atoms with Crippen LogP contribution in [0.15, 0.2) is 0 Å². The molecule has 1 amide bonds. The number of ketones is 2. The van der Waals surface area contributed by atoms with Gasteiger partial charge in [-0.05, 0) is 33.6 Å². The first kappa shape index (κ1) is 19.1. The number of nitrogens with zero attached hydrogens (tertiary/aromatic N) is 1. The molecule has 1 aliphatic rings. The second kappa shape index (κ2) is 7.10. The van der Waals surface area contributed by atoms with Gasteiger partial charge in [-0.2, -0.15) is 0 Å². The first-order chi connectivity index (χ1) is 10.5. The van der Waals surface area contributed by atoms with Crippen LogP contribution in [-0.2, 0) is 23.9 Å². The Labute approximate surface area is 136 Å². The minimum Gasteiger partial charge on any atom is -0.460 e. The van der Waals surface area contributed by atoms with Crippen molar-refractivity contribution in [1.82, 2.24) is 4.90 Å². The molecule has 1 saturated heterocycles. The number of rotatable bonds is 4. The third kappa shape index (κ3) is 4.53. The highest BCUT2D eigenvalue weighted by Crippen LogP contribution is 2.28. The second-order valence-corrected chi connectivity index (χ2v) is 6.86. The van der Waals surface area contributed by atoms with E-state index in [4.69, 9.17) is 4.74 Å². The van der Waals surface area contributed by atoms with E-state index in [0.29, 0.717) is 0 Å². The van der Waals surface area contributed by atoms with E-state index in [1.165, 1.54) is 4.90 Å². The number of Topliss-reactive ketones (excluding diaryl/α,β-unsaturated/α-hetero) is 2. The Bertz CT molecular complexity index is 505. The summed E-state index contributed by atoms with van der Waals surface area (Å²) in [7, 11) is 0. The predicted molar refractivity (Wildman–Crippen MR) is 81.7 cm³/mol. The van der Waals surface area contributed by atoms with E-state index < -0.39 is 41.2 Å². The van der Waals surface area contributed by atoms with Crippen LogP contribution in [0.1, 0.15) is 41.5 Å². The highest BCUT2D eigenvalue weighted by atomic mass is 16.6. The minimum absolute atomic E-state index is 0.0505. The van der Waals surface area contributed by atoms with Crippen LogP contribution < -0.4 is 0 Å². The molecule has 0 bridgehead atoms. The Kier molecular flexibility index (Phi) is 5.91. The molecule has 2 atom stereocenters. The predicted octanol–water partition coefficient (Wildman–Crippen LogP) is 1.58. The van der Waals surface area contributed by atoms with Gasteiger partial charge in [0.25, 0.3) is 5.78 Å². The number of esters is 1. The normalized spacial score (nSPS) is 21.5. The Hall–Kier alpha value is -1.92. The molecule has 0 aromatic rings. The van der Waals surface area contributed by atoms with Crippen LogP contribution in [0.5, 0.6) is 0 Å². The van der Waals surface area contributed by atoms with Crippen molar-refractivity contribution in [3.05, 3.63) is 0 Å². The van der Waals surface area contributed by atoms with Gasteiger partial charge in [0.2, 0.25) is 0 Å². The quantitative estimate of drug-likeness (QED) is 0.442. The van der Waals surface area contributed by atoms with Gasteiger partial charge in [0.05, 0.1) is 12.6 Å². The lowest BCUT2D eigenvalue weighted by Crippen LogP contribution is -2.44. The number of ether oxygens (including phenoxy) is 2. The average molecular weight is 327 g/mol. The van der Waals surface area contributed by atoms with Crippen LogP contribution in [-0.4, -0.2) is 53.3 Å². The van der Waals surface area contributed by atoms with Crippen molar-refractivity contribution in [2.75, 3.05) is 13.2 Å². The van der Waals surface area contributed by atoms with Crippen molar-refractivity contribution in [1.29, 1.82) is 0 Å². The molecular formula is C16H25NO6. The summed E-state index contributed by atoms with van der Waals surface area (Å²) >= 11 is 0. The molecule has 130 valence electrons. The molecule has 7 nitrogen and oxygen atoms in total. The Morgan fingerprint density at radius 1 is 1.26 bits per heavy atom. The Morgan fingerprint density at radius 2 is 1.83 bits per heavy atom. The maximum Gasteiger partial charge on any atom is 0.410 e. The van der Waals surface area contributed by atoms with E-state index in [9.17, 15) is 19.2 Å². The first-order valence-corrected chi connectivity index (χ1v) is 7.73. The third-order valence-electron chi connectivity index (χ3n) is 3.40. The molecule has 1 fully saturated rings. The molecule has 0 radical (unpaired) electrons. The SMILES string of the molecule is CCOC(=O)C(=O)C1CN(C(=O)OC(C)(C)C)[C@@H](C(C)C)C1=O. The number of likely N-dealkylation sites (tertiary alicyclic amines) is 1. The molecule has 0 aromatic carbocycles. The van der Waals surface area contributed by atoms with Gasteiger partial charge in [-0.3, -0.25) is 14.5 Å². The maximum atomic E-state index is 12.5. The van der Waals surface area contributed by atoms with Crippen LogP contribution in [0.25, 0.3) is 0 Å². The monoisotopic (exact) mass is 327 g/mol. The highest BCUT2D eigenvalue weighted by Gasteiger charge is 2.50. The lowest BCUT2D eigenvalue weighted by molar-refractivity contribution is -0.156. The van der Waals surface area contributed by atoms with Crippen molar-refractivity contribution in [3.63, 3.8) is 0 Å². The number of carbonyl (C=O) groups excluding carboxylic acids is 4. The summed E-state index contributed by atoms with van der Waals surface area (Å²) < 4.78 is 9.95. The van der Waals surface area contributed by atoms with E-state index in [1.54, 1.807) is 41.5 Å². The number of amides is 1. The summed E-state index contributed by atoms with van der Waals surface area (Å²) in [5.74, 6) is -3.78. The topological polar surface area (TPSA) is 90.0 Å². The van der Waals surface area contributed by atoms with Crippen molar-refractivity contribution in [2.24, 2.45) is 11.8 Å². The molecule has 0 aromatic heterocycles. The standard InChI is InChI=1S/C16H25NO6/c1-7-22-14(20)13(19)10-8-17(11(9(2)3)12(10)18)15(21)23-16(4,5)6/h9-11H,7-8H2,1-6H3/t10?,11-/m0/s1. The molecule has 1 unspecified atom stereocenters. The first-order valence-electron chi connectivity index (χ1n) is 7.73.